The Morgan fingerprint density at radius 3 is 2.67 bits per heavy atom. The van der Waals surface area contributed by atoms with Gasteiger partial charge in [0.05, 0.1) is 5.92 Å². The van der Waals surface area contributed by atoms with E-state index in [4.69, 9.17) is 5.11 Å². The van der Waals surface area contributed by atoms with Crippen molar-refractivity contribution in [3.63, 3.8) is 0 Å². The highest BCUT2D eigenvalue weighted by atomic mass is 16.4. The Morgan fingerprint density at radius 2 is 2.08 bits per heavy atom. The predicted octanol–water partition coefficient (Wildman–Crippen LogP) is 2.45. The van der Waals surface area contributed by atoms with Gasteiger partial charge in [0.25, 0.3) is 0 Å². The van der Waals surface area contributed by atoms with Crippen molar-refractivity contribution in [1.29, 1.82) is 0 Å². The van der Waals surface area contributed by atoms with Crippen LogP contribution in [0, 0.1) is 11.8 Å². The maximum absolute atomic E-state index is 10.8. The molecule has 0 bridgehead atoms. The van der Waals surface area contributed by atoms with E-state index in [0.29, 0.717) is 0 Å². The van der Waals surface area contributed by atoms with Crippen LogP contribution < -0.4 is 0 Å². The first-order valence-electron chi connectivity index (χ1n) is 4.61. The van der Waals surface area contributed by atoms with E-state index in [1.54, 1.807) is 0 Å². The monoisotopic (exact) mass is 168 g/mol. The summed E-state index contributed by atoms with van der Waals surface area (Å²) in [5.41, 5.74) is 0. The van der Waals surface area contributed by atoms with E-state index in [0.717, 1.165) is 19.3 Å². The Hall–Kier alpha value is -0.790. The van der Waals surface area contributed by atoms with Gasteiger partial charge in [-0.1, -0.05) is 25.0 Å². The topological polar surface area (TPSA) is 37.3 Å². The molecule has 68 valence electrons. The second-order valence-corrected chi connectivity index (χ2v) is 3.42. The van der Waals surface area contributed by atoms with Gasteiger partial charge in [0, 0.05) is 0 Å². The lowest BCUT2D eigenvalue weighted by Gasteiger charge is -2.25. The van der Waals surface area contributed by atoms with Crippen LogP contribution in [0.2, 0.25) is 0 Å². The molecule has 0 spiro atoms. The molecule has 1 rings (SSSR count). The Balaban J connectivity index is 2.60. The fraction of sp³-hybridized carbons (Fsp3) is 0.700. The summed E-state index contributed by atoms with van der Waals surface area (Å²) in [5, 5.41) is 8.90. The Bertz CT molecular complexity index is 184. The first kappa shape index (κ1) is 9.30. The molecule has 1 N–H and O–H groups in total. The van der Waals surface area contributed by atoms with Gasteiger partial charge in [0.2, 0.25) is 0 Å². The van der Waals surface area contributed by atoms with E-state index >= 15 is 0 Å². The van der Waals surface area contributed by atoms with Crippen LogP contribution in [0.1, 0.15) is 32.6 Å². The van der Waals surface area contributed by atoms with E-state index < -0.39 is 5.97 Å². The van der Waals surface area contributed by atoms with Crippen LogP contribution in [0.25, 0.3) is 0 Å². The molecule has 2 nitrogen and oxygen atoms in total. The molecule has 0 saturated heterocycles. The molecule has 0 aliphatic heterocycles. The lowest BCUT2D eigenvalue weighted by atomic mass is 9.79. The molecule has 1 aliphatic rings. The number of rotatable bonds is 2. The molecule has 2 atom stereocenters. The van der Waals surface area contributed by atoms with Crippen molar-refractivity contribution in [2.24, 2.45) is 11.8 Å². The zero-order valence-electron chi connectivity index (χ0n) is 7.49. The zero-order chi connectivity index (χ0) is 8.97. The van der Waals surface area contributed by atoms with Crippen LogP contribution in [-0.2, 0) is 4.79 Å². The van der Waals surface area contributed by atoms with Gasteiger partial charge in [-0.2, -0.15) is 0 Å². The Kier molecular flexibility index (Phi) is 3.32. The molecule has 1 aliphatic carbocycles. The van der Waals surface area contributed by atoms with Crippen molar-refractivity contribution in [3.05, 3.63) is 12.2 Å². The largest absolute Gasteiger partial charge is 0.481 e. The highest BCUT2D eigenvalue weighted by Gasteiger charge is 2.28. The molecule has 2 unspecified atom stereocenters. The Labute approximate surface area is 73.3 Å². The van der Waals surface area contributed by atoms with E-state index in [1.165, 1.54) is 6.42 Å². The molecular formula is C10H16O2. The van der Waals surface area contributed by atoms with Gasteiger partial charge in [0.1, 0.15) is 0 Å². The van der Waals surface area contributed by atoms with Crippen LogP contribution in [0.15, 0.2) is 12.2 Å². The summed E-state index contributed by atoms with van der Waals surface area (Å²) < 4.78 is 0. The third-order valence-electron chi connectivity index (χ3n) is 2.58. The van der Waals surface area contributed by atoms with E-state index in [-0.39, 0.29) is 11.8 Å². The standard InChI is InChI=1S/C10H16O2/c1-2-5-8-6-3-4-7-9(8)10(11)12/h2,5,8-9H,3-4,6-7H2,1H3,(H,11,12)/b5-2-. The molecule has 0 radical (unpaired) electrons. The van der Waals surface area contributed by atoms with E-state index in [2.05, 4.69) is 0 Å². The summed E-state index contributed by atoms with van der Waals surface area (Å²) in [5.74, 6) is -0.478. The second kappa shape index (κ2) is 4.29. The molecular weight excluding hydrogens is 152 g/mol. The van der Waals surface area contributed by atoms with Gasteiger partial charge in [-0.15, -0.1) is 0 Å². The van der Waals surface area contributed by atoms with Crippen LogP contribution in [0.5, 0.6) is 0 Å². The fourth-order valence-electron chi connectivity index (χ4n) is 1.94. The summed E-state index contributed by atoms with van der Waals surface area (Å²) in [6, 6.07) is 0. The SMILES string of the molecule is C/C=C\C1CCCCC1C(=O)O. The molecule has 0 amide bonds. The first-order chi connectivity index (χ1) is 5.75. The quantitative estimate of drug-likeness (QED) is 0.643. The molecule has 0 aromatic heterocycles. The number of carboxylic acids is 1. The summed E-state index contributed by atoms with van der Waals surface area (Å²) >= 11 is 0. The maximum Gasteiger partial charge on any atom is 0.307 e. The van der Waals surface area contributed by atoms with Crippen LogP contribution in [-0.4, -0.2) is 11.1 Å². The maximum atomic E-state index is 10.8. The Morgan fingerprint density at radius 1 is 1.42 bits per heavy atom. The van der Waals surface area contributed by atoms with Crippen molar-refractivity contribution in [2.75, 3.05) is 0 Å². The van der Waals surface area contributed by atoms with Gasteiger partial charge < -0.3 is 5.11 Å². The number of carboxylic acid groups (broad SMARTS) is 1. The molecule has 12 heavy (non-hydrogen) atoms. The van der Waals surface area contributed by atoms with Gasteiger partial charge in [-0.05, 0) is 25.7 Å². The minimum absolute atomic E-state index is 0.130. The minimum atomic E-state index is -0.627. The second-order valence-electron chi connectivity index (χ2n) is 3.42. The third-order valence-corrected chi connectivity index (χ3v) is 2.58. The smallest absolute Gasteiger partial charge is 0.307 e. The summed E-state index contributed by atoms with van der Waals surface area (Å²) in [6.45, 7) is 1.95. The molecule has 0 heterocycles. The lowest BCUT2D eigenvalue weighted by Crippen LogP contribution is -2.25. The number of hydrogen-bond acceptors (Lipinski definition) is 1. The first-order valence-corrected chi connectivity index (χ1v) is 4.61. The van der Waals surface area contributed by atoms with Crippen molar-refractivity contribution in [3.8, 4) is 0 Å². The van der Waals surface area contributed by atoms with Gasteiger partial charge in [-0.25, -0.2) is 0 Å². The van der Waals surface area contributed by atoms with E-state index in [1.807, 2.05) is 19.1 Å². The van der Waals surface area contributed by atoms with Crippen molar-refractivity contribution < 1.29 is 9.90 Å². The van der Waals surface area contributed by atoms with Crippen molar-refractivity contribution in [2.45, 2.75) is 32.6 Å². The number of hydrogen-bond donors (Lipinski definition) is 1. The van der Waals surface area contributed by atoms with Crippen molar-refractivity contribution >= 4 is 5.97 Å². The normalized spacial score (nSPS) is 30.8. The highest BCUT2D eigenvalue weighted by Crippen LogP contribution is 2.30. The number of allylic oxidation sites excluding steroid dienone is 2. The van der Waals surface area contributed by atoms with Crippen LogP contribution in [0.4, 0.5) is 0 Å². The van der Waals surface area contributed by atoms with Gasteiger partial charge >= 0.3 is 5.97 Å². The molecule has 1 saturated carbocycles. The average molecular weight is 168 g/mol. The van der Waals surface area contributed by atoms with Crippen LogP contribution in [0.3, 0.4) is 0 Å². The third kappa shape index (κ3) is 2.10. The molecule has 1 fully saturated rings. The lowest BCUT2D eigenvalue weighted by molar-refractivity contribution is -0.144. The number of carbonyl (C=O) groups is 1. The fourth-order valence-corrected chi connectivity index (χ4v) is 1.94. The summed E-state index contributed by atoms with van der Waals surface area (Å²) in [4.78, 5) is 10.8. The van der Waals surface area contributed by atoms with Gasteiger partial charge in [0.15, 0.2) is 0 Å². The van der Waals surface area contributed by atoms with E-state index in [9.17, 15) is 4.79 Å². The predicted molar refractivity (Wildman–Crippen MR) is 47.9 cm³/mol. The number of aliphatic carboxylic acids is 1. The summed E-state index contributed by atoms with van der Waals surface area (Å²) in [7, 11) is 0. The van der Waals surface area contributed by atoms with Crippen LogP contribution >= 0.6 is 0 Å². The van der Waals surface area contributed by atoms with Crippen molar-refractivity contribution in [1.82, 2.24) is 0 Å². The highest BCUT2D eigenvalue weighted by molar-refractivity contribution is 5.70. The molecule has 2 heteroatoms. The summed E-state index contributed by atoms with van der Waals surface area (Å²) in [6.07, 6.45) is 8.15. The zero-order valence-corrected chi connectivity index (χ0v) is 7.49. The minimum Gasteiger partial charge on any atom is -0.481 e. The molecule has 0 aromatic rings. The average Bonchev–Trinajstić information content (AvgIpc) is 2.05. The van der Waals surface area contributed by atoms with Gasteiger partial charge in [-0.3, -0.25) is 4.79 Å². The molecule has 0 aromatic carbocycles.